The van der Waals surface area contributed by atoms with E-state index in [1.165, 1.54) is 0 Å². The fraction of sp³-hybridized carbons (Fsp3) is 0.400. The lowest BCUT2D eigenvalue weighted by Gasteiger charge is -2.08. The van der Waals surface area contributed by atoms with Crippen molar-refractivity contribution in [2.24, 2.45) is 0 Å². The molecule has 0 radical (unpaired) electrons. The molecule has 2 rings (SSSR count). The highest BCUT2D eigenvalue weighted by molar-refractivity contribution is 6.30. The number of aryl methyl sites for hydroxylation is 3. The maximum atomic E-state index is 9.47. The number of benzene rings is 1. The van der Waals surface area contributed by atoms with E-state index in [0.717, 1.165) is 40.9 Å². The molecule has 0 fully saturated rings. The van der Waals surface area contributed by atoms with Gasteiger partial charge in [-0.1, -0.05) is 37.1 Å². The van der Waals surface area contributed by atoms with Crippen LogP contribution in [0.25, 0.3) is 5.69 Å². The number of halogens is 1. The lowest BCUT2D eigenvalue weighted by Crippen LogP contribution is -2.00. The Morgan fingerprint density at radius 3 is 2.68 bits per heavy atom. The van der Waals surface area contributed by atoms with Crippen LogP contribution < -0.4 is 0 Å². The van der Waals surface area contributed by atoms with Crippen molar-refractivity contribution in [3.63, 3.8) is 0 Å². The van der Waals surface area contributed by atoms with Gasteiger partial charge in [0.25, 0.3) is 0 Å². The molecule has 2 aromatic rings. The average molecular weight is 279 g/mol. The summed E-state index contributed by atoms with van der Waals surface area (Å²) in [6.45, 7) is 6.09. The van der Waals surface area contributed by atoms with E-state index in [1.807, 2.05) is 13.8 Å². The Labute approximate surface area is 118 Å². The van der Waals surface area contributed by atoms with Gasteiger partial charge in [0.2, 0.25) is 0 Å². The number of aliphatic hydroxyl groups excluding tert-OH is 1. The normalized spacial score (nSPS) is 11.0. The Bertz CT molecular complexity index is 590. The van der Waals surface area contributed by atoms with Crippen LogP contribution in [-0.4, -0.2) is 14.9 Å². The summed E-state index contributed by atoms with van der Waals surface area (Å²) in [5, 5.41) is 14.6. The maximum absolute atomic E-state index is 9.47. The van der Waals surface area contributed by atoms with E-state index in [0.29, 0.717) is 5.15 Å². The van der Waals surface area contributed by atoms with Gasteiger partial charge in [0.05, 0.1) is 18.0 Å². The smallest absolute Gasteiger partial charge is 0.138 e. The Morgan fingerprint density at radius 2 is 2.05 bits per heavy atom. The zero-order chi connectivity index (χ0) is 14.0. The van der Waals surface area contributed by atoms with Crippen molar-refractivity contribution in [2.75, 3.05) is 0 Å². The van der Waals surface area contributed by atoms with Crippen LogP contribution in [0.15, 0.2) is 18.2 Å². The fourth-order valence-corrected chi connectivity index (χ4v) is 2.47. The predicted octanol–water partition coefficient (Wildman–Crippen LogP) is 3.59. The van der Waals surface area contributed by atoms with Gasteiger partial charge in [-0.15, -0.1) is 0 Å². The minimum Gasteiger partial charge on any atom is -0.391 e. The minimum atomic E-state index is -0.0704. The van der Waals surface area contributed by atoms with Crippen molar-refractivity contribution in [3.05, 3.63) is 45.7 Å². The summed E-state index contributed by atoms with van der Waals surface area (Å²) in [7, 11) is 0. The topological polar surface area (TPSA) is 38.0 Å². The second-order valence-corrected chi connectivity index (χ2v) is 5.18. The number of aliphatic hydroxyl groups is 1. The fourth-order valence-electron chi connectivity index (χ4n) is 2.17. The predicted molar refractivity (Wildman–Crippen MR) is 78.0 cm³/mol. The van der Waals surface area contributed by atoms with E-state index in [-0.39, 0.29) is 6.61 Å². The minimum absolute atomic E-state index is 0.0704. The molecule has 0 unspecified atom stereocenters. The first kappa shape index (κ1) is 14.1. The number of rotatable bonds is 4. The lowest BCUT2D eigenvalue weighted by molar-refractivity contribution is 0.280. The third-order valence-corrected chi connectivity index (χ3v) is 3.63. The molecule has 0 aliphatic rings. The van der Waals surface area contributed by atoms with Crippen molar-refractivity contribution in [1.82, 2.24) is 9.78 Å². The summed E-state index contributed by atoms with van der Waals surface area (Å²) in [4.78, 5) is 0. The average Bonchev–Trinajstić information content (AvgIpc) is 2.69. The van der Waals surface area contributed by atoms with E-state index in [4.69, 9.17) is 11.6 Å². The van der Waals surface area contributed by atoms with Crippen molar-refractivity contribution in [1.29, 1.82) is 0 Å². The molecule has 1 aromatic carbocycles. The maximum Gasteiger partial charge on any atom is 0.138 e. The van der Waals surface area contributed by atoms with Crippen LogP contribution in [0.2, 0.25) is 5.15 Å². The molecule has 0 amide bonds. The standard InChI is InChI=1S/C15H19ClN2O/c1-4-5-13-12(9-19)15(16)18(17-13)14-8-10(2)6-7-11(14)3/h6-8,19H,4-5,9H2,1-3H3. The monoisotopic (exact) mass is 278 g/mol. The van der Waals surface area contributed by atoms with Crippen LogP contribution in [-0.2, 0) is 13.0 Å². The molecule has 1 N–H and O–H groups in total. The van der Waals surface area contributed by atoms with E-state index >= 15 is 0 Å². The first-order valence-electron chi connectivity index (χ1n) is 6.53. The van der Waals surface area contributed by atoms with Gasteiger partial charge in [0, 0.05) is 5.56 Å². The molecule has 0 aliphatic heterocycles. The largest absolute Gasteiger partial charge is 0.391 e. The van der Waals surface area contributed by atoms with Crippen LogP contribution in [0.3, 0.4) is 0 Å². The van der Waals surface area contributed by atoms with Gasteiger partial charge >= 0.3 is 0 Å². The molecule has 19 heavy (non-hydrogen) atoms. The van der Waals surface area contributed by atoms with Crippen molar-refractivity contribution < 1.29 is 5.11 Å². The van der Waals surface area contributed by atoms with Crippen LogP contribution >= 0.6 is 11.6 Å². The summed E-state index contributed by atoms with van der Waals surface area (Å²) >= 11 is 6.36. The highest BCUT2D eigenvalue weighted by atomic mass is 35.5. The Morgan fingerprint density at radius 1 is 1.32 bits per heavy atom. The van der Waals surface area contributed by atoms with E-state index < -0.39 is 0 Å². The van der Waals surface area contributed by atoms with Gasteiger partial charge in [-0.2, -0.15) is 5.10 Å². The van der Waals surface area contributed by atoms with Gasteiger partial charge in [-0.05, 0) is 37.5 Å². The van der Waals surface area contributed by atoms with Gasteiger partial charge in [-0.3, -0.25) is 0 Å². The molecule has 0 bridgehead atoms. The molecule has 1 heterocycles. The van der Waals surface area contributed by atoms with Crippen LogP contribution in [0.4, 0.5) is 0 Å². The van der Waals surface area contributed by atoms with Gasteiger partial charge < -0.3 is 5.11 Å². The number of nitrogens with zero attached hydrogens (tertiary/aromatic N) is 2. The van der Waals surface area contributed by atoms with Crippen molar-refractivity contribution >= 4 is 11.6 Å². The molecule has 4 heteroatoms. The second-order valence-electron chi connectivity index (χ2n) is 4.83. The molecule has 102 valence electrons. The summed E-state index contributed by atoms with van der Waals surface area (Å²) in [5.41, 5.74) is 4.87. The Hall–Kier alpha value is -1.32. The Kier molecular flexibility index (Phi) is 4.27. The molecule has 0 aliphatic carbocycles. The molecular weight excluding hydrogens is 260 g/mol. The highest BCUT2D eigenvalue weighted by Gasteiger charge is 2.17. The zero-order valence-electron chi connectivity index (χ0n) is 11.6. The van der Waals surface area contributed by atoms with Gasteiger partial charge in [-0.25, -0.2) is 4.68 Å². The first-order chi connectivity index (χ1) is 9.08. The molecular formula is C15H19ClN2O. The molecule has 0 saturated carbocycles. The molecule has 0 spiro atoms. The number of hydrogen-bond donors (Lipinski definition) is 1. The molecule has 0 atom stereocenters. The van der Waals surface area contributed by atoms with E-state index in [9.17, 15) is 5.11 Å². The summed E-state index contributed by atoms with van der Waals surface area (Å²) < 4.78 is 1.74. The lowest BCUT2D eigenvalue weighted by atomic mass is 10.1. The number of aromatic nitrogens is 2. The Balaban J connectivity index is 2.59. The highest BCUT2D eigenvalue weighted by Crippen LogP contribution is 2.26. The molecule has 0 saturated heterocycles. The van der Waals surface area contributed by atoms with Gasteiger partial charge in [0.15, 0.2) is 0 Å². The second kappa shape index (κ2) is 5.76. The van der Waals surface area contributed by atoms with Crippen LogP contribution in [0.1, 0.15) is 35.7 Å². The van der Waals surface area contributed by atoms with Gasteiger partial charge in [0.1, 0.15) is 5.15 Å². The summed E-state index contributed by atoms with van der Waals surface area (Å²) in [6.07, 6.45) is 1.81. The zero-order valence-corrected chi connectivity index (χ0v) is 12.3. The summed E-state index contributed by atoms with van der Waals surface area (Å²) in [5.74, 6) is 0. The van der Waals surface area contributed by atoms with Crippen molar-refractivity contribution in [3.8, 4) is 5.69 Å². The summed E-state index contributed by atoms with van der Waals surface area (Å²) in [6, 6.07) is 6.18. The molecule has 3 nitrogen and oxygen atoms in total. The first-order valence-corrected chi connectivity index (χ1v) is 6.91. The third-order valence-electron chi connectivity index (χ3n) is 3.24. The third kappa shape index (κ3) is 2.67. The van der Waals surface area contributed by atoms with Crippen LogP contribution in [0, 0.1) is 13.8 Å². The number of hydrogen-bond acceptors (Lipinski definition) is 2. The van der Waals surface area contributed by atoms with E-state index in [2.05, 4.69) is 30.2 Å². The van der Waals surface area contributed by atoms with Crippen molar-refractivity contribution in [2.45, 2.75) is 40.2 Å². The SMILES string of the molecule is CCCc1nn(-c2cc(C)ccc2C)c(Cl)c1CO. The van der Waals surface area contributed by atoms with Crippen LogP contribution in [0.5, 0.6) is 0 Å². The quantitative estimate of drug-likeness (QED) is 0.928. The van der Waals surface area contributed by atoms with E-state index in [1.54, 1.807) is 4.68 Å². The molecule has 1 aromatic heterocycles.